The maximum absolute atomic E-state index is 12.7. The highest BCUT2D eigenvalue weighted by molar-refractivity contribution is 5.76. The van der Waals surface area contributed by atoms with E-state index in [1.165, 1.54) is 9.80 Å². The van der Waals surface area contributed by atoms with E-state index in [9.17, 15) is 9.59 Å². The lowest BCUT2D eigenvalue weighted by atomic mass is 10.0. The Balaban J connectivity index is 1.76. The molecule has 2 N–H and O–H groups in total. The maximum Gasteiger partial charge on any atom is 0.369 e. The predicted molar refractivity (Wildman–Crippen MR) is 113 cm³/mol. The van der Waals surface area contributed by atoms with Crippen molar-refractivity contribution in [3.63, 3.8) is 0 Å². The van der Waals surface area contributed by atoms with Crippen LogP contribution in [0, 0.1) is 0 Å². The molecule has 2 atom stereocenters. The van der Waals surface area contributed by atoms with Crippen LogP contribution in [0.15, 0.2) is 60.7 Å². The number of ether oxygens (including phenoxy) is 2. The monoisotopic (exact) mass is 412 g/mol. The number of piperazine rings is 1. The van der Waals surface area contributed by atoms with E-state index < -0.39 is 0 Å². The van der Waals surface area contributed by atoms with E-state index in [0.29, 0.717) is 13.2 Å². The van der Waals surface area contributed by atoms with Crippen LogP contribution in [-0.4, -0.2) is 51.3 Å². The number of esters is 2. The molecule has 30 heavy (non-hydrogen) atoms. The Bertz CT molecular complexity index is 735. The molecular weight excluding hydrogens is 380 g/mol. The smallest absolute Gasteiger partial charge is 0.369 e. The van der Waals surface area contributed by atoms with Gasteiger partial charge in [0.05, 0.1) is 13.2 Å². The summed E-state index contributed by atoms with van der Waals surface area (Å²) in [6.45, 7) is 7.50. The summed E-state index contributed by atoms with van der Waals surface area (Å²) in [5.74, 6) is -0.376. The zero-order valence-corrected chi connectivity index (χ0v) is 17.8. The fraction of sp³-hybridized carbons (Fsp3) is 0.417. The Morgan fingerprint density at radius 1 is 0.700 bits per heavy atom. The standard InChI is InChI=1S/C24H30N2O4/c1-3-29-23(27)21(19-11-7-5-8-12-19)25-15-17-26(18-16-25)22(24(28)30-4-2)20-13-9-6-10-14-20/h5-14,21-22H,3-4,15-18H2,1-2H3/p+2. The molecule has 160 valence electrons. The molecule has 6 nitrogen and oxygen atoms in total. The van der Waals surface area contributed by atoms with Gasteiger partial charge in [0.1, 0.15) is 26.2 Å². The Kier molecular flexibility index (Phi) is 7.99. The molecule has 0 saturated carbocycles. The number of benzene rings is 2. The van der Waals surface area contributed by atoms with E-state index in [1.807, 2.05) is 74.5 Å². The van der Waals surface area contributed by atoms with Crippen molar-refractivity contribution in [3.05, 3.63) is 71.8 Å². The average Bonchev–Trinajstić information content (AvgIpc) is 2.77. The number of nitrogens with one attached hydrogen (secondary N) is 2. The van der Waals surface area contributed by atoms with E-state index >= 15 is 0 Å². The molecule has 1 aliphatic rings. The van der Waals surface area contributed by atoms with Crippen LogP contribution in [0.2, 0.25) is 0 Å². The van der Waals surface area contributed by atoms with E-state index in [4.69, 9.17) is 9.47 Å². The molecule has 3 rings (SSSR count). The lowest BCUT2D eigenvalue weighted by molar-refractivity contribution is -1.03. The first-order valence-electron chi connectivity index (χ1n) is 10.8. The van der Waals surface area contributed by atoms with Crippen LogP contribution < -0.4 is 9.80 Å². The van der Waals surface area contributed by atoms with Crippen LogP contribution in [0.25, 0.3) is 0 Å². The maximum atomic E-state index is 12.7. The fourth-order valence-electron chi connectivity index (χ4n) is 4.29. The molecule has 1 heterocycles. The second-order valence-corrected chi connectivity index (χ2v) is 7.51. The lowest BCUT2D eigenvalue weighted by Crippen LogP contribution is -3.28. The fourth-order valence-corrected chi connectivity index (χ4v) is 4.29. The van der Waals surface area contributed by atoms with Crippen molar-refractivity contribution < 1.29 is 28.9 Å². The molecule has 1 aliphatic heterocycles. The van der Waals surface area contributed by atoms with Gasteiger partial charge in [-0.3, -0.25) is 0 Å². The second kappa shape index (κ2) is 10.9. The van der Waals surface area contributed by atoms with Gasteiger partial charge < -0.3 is 19.3 Å². The first-order chi connectivity index (χ1) is 14.7. The molecule has 2 aromatic rings. The predicted octanol–water partition coefficient (Wildman–Crippen LogP) is 0.379. The van der Waals surface area contributed by atoms with Gasteiger partial charge >= 0.3 is 11.9 Å². The molecule has 1 saturated heterocycles. The van der Waals surface area contributed by atoms with Gasteiger partial charge in [-0.15, -0.1) is 0 Å². The van der Waals surface area contributed by atoms with Crippen molar-refractivity contribution in [2.24, 2.45) is 0 Å². The SMILES string of the molecule is CCOC(=O)C(c1ccccc1)[NH+]1CC[NH+](C(C(=O)OCC)c2ccccc2)CC1. The normalized spacial score (nSPS) is 20.7. The molecule has 6 heteroatoms. The van der Waals surface area contributed by atoms with E-state index in [0.717, 1.165) is 37.3 Å². The summed E-state index contributed by atoms with van der Waals surface area (Å²) in [5, 5.41) is 0. The first kappa shape index (κ1) is 22.0. The topological polar surface area (TPSA) is 61.5 Å². The number of quaternary nitrogens is 2. The Hall–Kier alpha value is -2.70. The molecule has 0 aliphatic carbocycles. The molecule has 1 fully saturated rings. The molecule has 0 aromatic heterocycles. The zero-order valence-electron chi connectivity index (χ0n) is 17.8. The number of carbonyl (C=O) groups excluding carboxylic acids is 2. The van der Waals surface area contributed by atoms with Gasteiger partial charge in [0.15, 0.2) is 0 Å². The van der Waals surface area contributed by atoms with Crippen LogP contribution in [0.4, 0.5) is 0 Å². The van der Waals surface area contributed by atoms with Crippen molar-refractivity contribution in [2.45, 2.75) is 25.9 Å². The molecule has 2 unspecified atom stereocenters. The molecular formula is C24H32N2O4+2. The number of hydrogen-bond donors (Lipinski definition) is 2. The molecule has 0 amide bonds. The molecule has 0 bridgehead atoms. The van der Waals surface area contributed by atoms with Gasteiger partial charge in [-0.1, -0.05) is 60.7 Å². The minimum atomic E-state index is -0.342. The zero-order chi connectivity index (χ0) is 21.3. The summed E-state index contributed by atoms with van der Waals surface area (Å²) >= 11 is 0. The number of carbonyl (C=O) groups is 2. The van der Waals surface area contributed by atoms with Crippen molar-refractivity contribution >= 4 is 11.9 Å². The lowest BCUT2D eigenvalue weighted by Gasteiger charge is -2.36. The van der Waals surface area contributed by atoms with Crippen LogP contribution in [0.1, 0.15) is 37.1 Å². The summed E-state index contributed by atoms with van der Waals surface area (Å²) < 4.78 is 10.8. The summed E-state index contributed by atoms with van der Waals surface area (Å²) in [7, 11) is 0. The van der Waals surface area contributed by atoms with Crippen LogP contribution >= 0.6 is 0 Å². The Labute approximate surface area is 178 Å². The highest BCUT2D eigenvalue weighted by Crippen LogP contribution is 2.13. The third kappa shape index (κ3) is 5.26. The third-order valence-corrected chi connectivity index (χ3v) is 5.66. The van der Waals surface area contributed by atoms with Crippen molar-refractivity contribution in [2.75, 3.05) is 39.4 Å². The molecule has 2 aromatic carbocycles. The van der Waals surface area contributed by atoms with Gasteiger partial charge in [0.25, 0.3) is 0 Å². The minimum Gasteiger partial charge on any atom is -0.461 e. The van der Waals surface area contributed by atoms with Gasteiger partial charge in [-0.2, -0.15) is 0 Å². The number of rotatable bonds is 8. The highest BCUT2D eigenvalue weighted by Gasteiger charge is 2.41. The Morgan fingerprint density at radius 3 is 1.33 bits per heavy atom. The van der Waals surface area contributed by atoms with Gasteiger partial charge in [0, 0.05) is 11.1 Å². The second-order valence-electron chi connectivity index (χ2n) is 7.51. The first-order valence-corrected chi connectivity index (χ1v) is 10.8. The summed E-state index contributed by atoms with van der Waals surface area (Å²) in [5.41, 5.74) is 1.94. The van der Waals surface area contributed by atoms with Crippen LogP contribution in [0.5, 0.6) is 0 Å². The van der Waals surface area contributed by atoms with E-state index in [-0.39, 0.29) is 24.0 Å². The van der Waals surface area contributed by atoms with Crippen molar-refractivity contribution in [1.29, 1.82) is 0 Å². The van der Waals surface area contributed by atoms with Gasteiger partial charge in [0.2, 0.25) is 12.1 Å². The van der Waals surface area contributed by atoms with Crippen molar-refractivity contribution in [1.82, 2.24) is 0 Å². The van der Waals surface area contributed by atoms with Gasteiger partial charge in [-0.05, 0) is 13.8 Å². The van der Waals surface area contributed by atoms with E-state index in [1.54, 1.807) is 0 Å². The van der Waals surface area contributed by atoms with Crippen LogP contribution in [-0.2, 0) is 19.1 Å². The van der Waals surface area contributed by atoms with E-state index in [2.05, 4.69) is 0 Å². The summed E-state index contributed by atoms with van der Waals surface area (Å²) in [6, 6.07) is 19.0. The third-order valence-electron chi connectivity index (χ3n) is 5.66. The Morgan fingerprint density at radius 2 is 1.03 bits per heavy atom. The van der Waals surface area contributed by atoms with Crippen LogP contribution in [0.3, 0.4) is 0 Å². The summed E-state index contributed by atoms with van der Waals surface area (Å²) in [4.78, 5) is 27.9. The minimum absolute atomic E-state index is 0.188. The van der Waals surface area contributed by atoms with Gasteiger partial charge in [-0.25, -0.2) is 9.59 Å². The summed E-state index contributed by atoms with van der Waals surface area (Å²) in [6.07, 6.45) is 0. The molecule has 0 radical (unpaired) electrons. The quantitative estimate of drug-likeness (QED) is 0.616. The largest absolute Gasteiger partial charge is 0.461 e. The number of hydrogen-bond acceptors (Lipinski definition) is 4. The molecule has 0 spiro atoms. The average molecular weight is 413 g/mol. The highest BCUT2D eigenvalue weighted by atomic mass is 16.5. The van der Waals surface area contributed by atoms with Crippen molar-refractivity contribution in [3.8, 4) is 0 Å².